The molecule has 4 nitrogen and oxygen atoms in total. The smallest absolute Gasteiger partial charge is 0.374 e. The van der Waals surface area contributed by atoms with E-state index in [1.165, 1.54) is 32.6 Å². The molecule has 2 atom stereocenters. The Morgan fingerprint density at radius 3 is 2.68 bits per heavy atom. The van der Waals surface area contributed by atoms with E-state index >= 15 is 0 Å². The number of furan rings is 1. The van der Waals surface area contributed by atoms with Gasteiger partial charge in [-0.25, -0.2) is 4.79 Å². The number of rotatable bonds is 4. The molecule has 2 rings (SSSR count). The zero-order valence-corrected chi connectivity index (χ0v) is 11.9. The molecule has 0 aliphatic heterocycles. The molecule has 106 valence electrons. The Morgan fingerprint density at radius 2 is 2.05 bits per heavy atom. The lowest BCUT2D eigenvalue weighted by Gasteiger charge is -2.32. The second-order valence-corrected chi connectivity index (χ2v) is 5.76. The predicted molar refractivity (Wildman–Crippen MR) is 72.9 cm³/mol. The Morgan fingerprint density at radius 1 is 1.37 bits per heavy atom. The molecule has 0 saturated heterocycles. The van der Waals surface area contributed by atoms with Crippen LogP contribution < -0.4 is 5.32 Å². The first-order valence-electron chi connectivity index (χ1n) is 6.98. The molecule has 1 aliphatic carbocycles. The summed E-state index contributed by atoms with van der Waals surface area (Å²) >= 11 is 0. The summed E-state index contributed by atoms with van der Waals surface area (Å²) < 4.78 is 9.89. The Labute approximate surface area is 114 Å². The maximum absolute atomic E-state index is 11.5. The number of hydrogen-bond donors (Lipinski definition) is 1. The molecule has 19 heavy (non-hydrogen) atoms. The van der Waals surface area contributed by atoms with Crippen molar-refractivity contribution in [3.8, 4) is 0 Å². The van der Waals surface area contributed by atoms with E-state index in [0.29, 0.717) is 18.3 Å². The highest BCUT2D eigenvalue weighted by atomic mass is 16.5. The minimum Gasteiger partial charge on any atom is -0.463 e. The fourth-order valence-corrected chi connectivity index (χ4v) is 3.11. The monoisotopic (exact) mass is 265 g/mol. The van der Waals surface area contributed by atoms with Crippen molar-refractivity contribution in [1.82, 2.24) is 5.32 Å². The predicted octanol–water partition coefficient (Wildman–Crippen LogP) is 2.98. The average Bonchev–Trinajstić information content (AvgIpc) is 2.82. The van der Waals surface area contributed by atoms with Crippen LogP contribution in [0.3, 0.4) is 0 Å². The van der Waals surface area contributed by atoms with E-state index in [-0.39, 0.29) is 0 Å². The zero-order valence-electron chi connectivity index (χ0n) is 11.9. The summed E-state index contributed by atoms with van der Waals surface area (Å²) in [6.45, 7) is 5.27. The van der Waals surface area contributed by atoms with Crippen LogP contribution in [0.1, 0.15) is 49.2 Å². The van der Waals surface area contributed by atoms with Gasteiger partial charge in [0.1, 0.15) is 0 Å². The number of ether oxygens (including phenoxy) is 1. The highest BCUT2D eigenvalue weighted by Gasteiger charge is 2.24. The largest absolute Gasteiger partial charge is 0.463 e. The molecule has 0 spiro atoms. The summed E-state index contributed by atoms with van der Waals surface area (Å²) in [6, 6.07) is 2.36. The van der Waals surface area contributed by atoms with E-state index in [1.54, 1.807) is 0 Å². The van der Waals surface area contributed by atoms with Crippen molar-refractivity contribution < 1.29 is 13.9 Å². The lowest BCUT2D eigenvalue weighted by Crippen LogP contribution is -2.36. The lowest BCUT2D eigenvalue weighted by molar-refractivity contribution is 0.0563. The highest BCUT2D eigenvalue weighted by Crippen LogP contribution is 2.28. The molecule has 1 aromatic rings. The van der Waals surface area contributed by atoms with E-state index in [1.807, 2.05) is 6.07 Å². The van der Waals surface area contributed by atoms with Crippen LogP contribution in [0.2, 0.25) is 0 Å². The van der Waals surface area contributed by atoms with Crippen LogP contribution in [-0.4, -0.2) is 19.1 Å². The van der Waals surface area contributed by atoms with Crippen molar-refractivity contribution in [1.29, 1.82) is 0 Å². The van der Waals surface area contributed by atoms with E-state index in [4.69, 9.17) is 9.15 Å². The van der Waals surface area contributed by atoms with Crippen molar-refractivity contribution in [3.63, 3.8) is 0 Å². The molecule has 0 amide bonds. The third-order valence-electron chi connectivity index (χ3n) is 3.88. The molecular formula is C15H23NO3. The summed E-state index contributed by atoms with van der Waals surface area (Å²) in [5.74, 6) is 1.44. The minimum absolute atomic E-state index is 0.312. The molecule has 1 fully saturated rings. The molecule has 0 aromatic carbocycles. The number of esters is 1. The van der Waals surface area contributed by atoms with Crippen molar-refractivity contribution in [2.45, 2.75) is 45.7 Å². The number of methoxy groups -OCH3 is 1. The maximum atomic E-state index is 11.5. The lowest BCUT2D eigenvalue weighted by atomic mass is 9.80. The van der Waals surface area contributed by atoms with Gasteiger partial charge in [0, 0.05) is 18.2 Å². The van der Waals surface area contributed by atoms with Gasteiger partial charge in [0.25, 0.3) is 0 Å². The van der Waals surface area contributed by atoms with Gasteiger partial charge in [-0.05, 0) is 37.2 Å². The Kier molecular flexibility index (Phi) is 4.64. The summed E-state index contributed by atoms with van der Waals surface area (Å²) in [6.07, 6.45) is 5.26. The Hall–Kier alpha value is -1.29. The van der Waals surface area contributed by atoms with Crippen molar-refractivity contribution in [3.05, 3.63) is 23.7 Å². The quantitative estimate of drug-likeness (QED) is 0.850. The van der Waals surface area contributed by atoms with Gasteiger partial charge in [-0.1, -0.05) is 13.8 Å². The van der Waals surface area contributed by atoms with Crippen LogP contribution in [0, 0.1) is 11.8 Å². The third-order valence-corrected chi connectivity index (χ3v) is 3.88. The summed E-state index contributed by atoms with van der Waals surface area (Å²) in [5.41, 5.74) is 0.873. The van der Waals surface area contributed by atoms with Crippen molar-refractivity contribution in [2.75, 3.05) is 7.11 Å². The number of carbonyl (C=O) groups excluding carboxylic acids is 1. The molecule has 0 bridgehead atoms. The molecule has 2 unspecified atom stereocenters. The Bertz CT molecular complexity index is 417. The molecule has 1 aromatic heterocycles. The van der Waals surface area contributed by atoms with E-state index in [9.17, 15) is 4.79 Å². The topological polar surface area (TPSA) is 51.5 Å². The SMILES string of the molecule is COC(=O)c1occc1CNC1CC(C)CC(C)C1. The van der Waals surface area contributed by atoms with Gasteiger partial charge < -0.3 is 14.5 Å². The van der Waals surface area contributed by atoms with Crippen LogP contribution in [-0.2, 0) is 11.3 Å². The van der Waals surface area contributed by atoms with Gasteiger partial charge in [-0.3, -0.25) is 0 Å². The summed E-state index contributed by atoms with van der Waals surface area (Å²) in [5, 5.41) is 3.54. The van der Waals surface area contributed by atoms with Crippen LogP contribution in [0.4, 0.5) is 0 Å². The fourth-order valence-electron chi connectivity index (χ4n) is 3.11. The minimum atomic E-state index is -0.410. The van der Waals surface area contributed by atoms with Gasteiger partial charge >= 0.3 is 5.97 Å². The van der Waals surface area contributed by atoms with Gasteiger partial charge in [-0.2, -0.15) is 0 Å². The second-order valence-electron chi connectivity index (χ2n) is 5.76. The third kappa shape index (κ3) is 3.60. The van der Waals surface area contributed by atoms with E-state index < -0.39 is 5.97 Å². The molecule has 4 heteroatoms. The van der Waals surface area contributed by atoms with E-state index in [2.05, 4.69) is 19.2 Å². The van der Waals surface area contributed by atoms with Gasteiger partial charge in [0.05, 0.1) is 13.4 Å². The summed E-state index contributed by atoms with van der Waals surface area (Å²) in [4.78, 5) is 11.5. The van der Waals surface area contributed by atoms with Crippen LogP contribution >= 0.6 is 0 Å². The summed E-state index contributed by atoms with van der Waals surface area (Å²) in [7, 11) is 1.37. The number of nitrogens with one attached hydrogen (secondary N) is 1. The van der Waals surface area contributed by atoms with Gasteiger partial charge in [0.2, 0.25) is 5.76 Å². The number of carbonyl (C=O) groups is 1. The highest BCUT2D eigenvalue weighted by molar-refractivity contribution is 5.87. The van der Waals surface area contributed by atoms with Gasteiger partial charge in [0.15, 0.2) is 0 Å². The maximum Gasteiger partial charge on any atom is 0.374 e. The first-order chi connectivity index (χ1) is 9.10. The van der Waals surface area contributed by atoms with E-state index in [0.717, 1.165) is 17.4 Å². The van der Waals surface area contributed by atoms with Gasteiger partial charge in [-0.15, -0.1) is 0 Å². The van der Waals surface area contributed by atoms with Crippen molar-refractivity contribution in [2.24, 2.45) is 11.8 Å². The van der Waals surface area contributed by atoms with Crippen LogP contribution in [0.5, 0.6) is 0 Å². The first-order valence-corrected chi connectivity index (χ1v) is 6.98. The molecule has 1 saturated carbocycles. The van der Waals surface area contributed by atoms with Crippen LogP contribution in [0.25, 0.3) is 0 Å². The van der Waals surface area contributed by atoms with Crippen molar-refractivity contribution >= 4 is 5.97 Å². The molecular weight excluding hydrogens is 242 g/mol. The zero-order chi connectivity index (χ0) is 13.8. The standard InChI is InChI=1S/C15H23NO3/c1-10-6-11(2)8-13(7-10)16-9-12-4-5-19-14(12)15(17)18-3/h4-5,10-11,13,16H,6-9H2,1-3H3. The first kappa shape index (κ1) is 14.1. The molecule has 1 heterocycles. The Balaban J connectivity index is 1.92. The average molecular weight is 265 g/mol. The normalized spacial score (nSPS) is 27.2. The number of hydrogen-bond acceptors (Lipinski definition) is 4. The fraction of sp³-hybridized carbons (Fsp3) is 0.667. The second kappa shape index (κ2) is 6.24. The molecule has 1 N–H and O–H groups in total. The van der Waals surface area contributed by atoms with Crippen LogP contribution in [0.15, 0.2) is 16.7 Å². The molecule has 1 aliphatic rings. The molecule has 0 radical (unpaired) electrons.